The van der Waals surface area contributed by atoms with Crippen LogP contribution in [-0.4, -0.2) is 28.8 Å². The Bertz CT molecular complexity index is 85.1. The summed E-state index contributed by atoms with van der Waals surface area (Å²) in [5.74, 6) is 1.16. The fraction of sp³-hybridized carbons (Fsp3) is 1.00. The molecule has 9 heavy (non-hydrogen) atoms. The van der Waals surface area contributed by atoms with Gasteiger partial charge in [0.05, 0.1) is 11.4 Å². The Hall–Kier alpha value is 0.270. The highest BCUT2D eigenvalue weighted by Crippen LogP contribution is 2.36. The molecule has 1 saturated heterocycles. The molecule has 0 saturated carbocycles. The molecule has 54 valence electrons. The van der Waals surface area contributed by atoms with Crippen molar-refractivity contribution in [2.24, 2.45) is 5.73 Å². The van der Waals surface area contributed by atoms with Crippen molar-refractivity contribution in [2.75, 3.05) is 18.9 Å². The average molecular weight is 147 g/mol. The SMILES string of the molecule is NCC1(CO)CCCS1. The van der Waals surface area contributed by atoms with Gasteiger partial charge in [-0.2, -0.15) is 11.8 Å². The van der Waals surface area contributed by atoms with E-state index in [9.17, 15) is 0 Å². The number of nitrogens with two attached hydrogens (primary N) is 1. The van der Waals surface area contributed by atoms with E-state index >= 15 is 0 Å². The molecule has 3 N–H and O–H groups in total. The molecule has 0 aliphatic carbocycles. The summed E-state index contributed by atoms with van der Waals surface area (Å²) >= 11 is 1.81. The first-order valence-corrected chi connectivity index (χ1v) is 4.26. The quantitative estimate of drug-likeness (QED) is 0.586. The van der Waals surface area contributed by atoms with Crippen molar-refractivity contribution >= 4 is 11.8 Å². The molecule has 1 atom stereocenters. The number of rotatable bonds is 2. The summed E-state index contributed by atoms with van der Waals surface area (Å²) in [5, 5.41) is 8.92. The summed E-state index contributed by atoms with van der Waals surface area (Å²) in [7, 11) is 0. The van der Waals surface area contributed by atoms with Crippen LogP contribution in [0.25, 0.3) is 0 Å². The molecule has 0 aromatic heterocycles. The fourth-order valence-corrected chi connectivity index (χ4v) is 2.32. The van der Waals surface area contributed by atoms with Gasteiger partial charge in [-0.25, -0.2) is 0 Å². The van der Waals surface area contributed by atoms with Crippen LogP contribution in [0.4, 0.5) is 0 Å². The van der Waals surface area contributed by atoms with E-state index in [1.54, 1.807) is 0 Å². The molecule has 0 radical (unpaired) electrons. The van der Waals surface area contributed by atoms with Gasteiger partial charge in [-0.15, -0.1) is 0 Å². The van der Waals surface area contributed by atoms with Crippen LogP contribution < -0.4 is 5.73 Å². The molecular weight excluding hydrogens is 134 g/mol. The first-order chi connectivity index (χ1) is 4.33. The number of aliphatic hydroxyl groups is 1. The van der Waals surface area contributed by atoms with Crippen LogP contribution in [0.15, 0.2) is 0 Å². The average Bonchev–Trinajstić information content (AvgIpc) is 2.36. The molecule has 0 spiro atoms. The van der Waals surface area contributed by atoms with Gasteiger partial charge in [0.2, 0.25) is 0 Å². The zero-order chi connectivity index (χ0) is 6.74. The number of hydrogen-bond acceptors (Lipinski definition) is 3. The predicted octanol–water partition coefficient (Wildman–Crippen LogP) is 0.203. The van der Waals surface area contributed by atoms with E-state index in [0.29, 0.717) is 6.54 Å². The maximum Gasteiger partial charge on any atom is 0.0590 e. The van der Waals surface area contributed by atoms with Gasteiger partial charge in [0.15, 0.2) is 0 Å². The van der Waals surface area contributed by atoms with E-state index in [1.165, 1.54) is 6.42 Å². The fourth-order valence-electron chi connectivity index (χ4n) is 1.11. The molecule has 0 aromatic rings. The van der Waals surface area contributed by atoms with Crippen LogP contribution in [-0.2, 0) is 0 Å². The van der Waals surface area contributed by atoms with Gasteiger partial charge in [-0.05, 0) is 18.6 Å². The number of aliphatic hydroxyl groups excluding tert-OH is 1. The first-order valence-electron chi connectivity index (χ1n) is 3.28. The van der Waals surface area contributed by atoms with Crippen LogP contribution in [0.5, 0.6) is 0 Å². The van der Waals surface area contributed by atoms with E-state index in [2.05, 4.69) is 0 Å². The molecule has 1 fully saturated rings. The third-order valence-corrected chi connectivity index (χ3v) is 3.45. The smallest absolute Gasteiger partial charge is 0.0590 e. The van der Waals surface area contributed by atoms with Gasteiger partial charge in [0.1, 0.15) is 0 Å². The van der Waals surface area contributed by atoms with E-state index in [0.717, 1.165) is 12.2 Å². The molecule has 2 nitrogen and oxygen atoms in total. The van der Waals surface area contributed by atoms with Crippen molar-refractivity contribution in [1.29, 1.82) is 0 Å². The largest absolute Gasteiger partial charge is 0.395 e. The lowest BCUT2D eigenvalue weighted by Gasteiger charge is -2.22. The third kappa shape index (κ3) is 1.39. The standard InChI is InChI=1S/C6H13NOS/c7-4-6(5-8)2-1-3-9-6/h8H,1-5,7H2. The molecule has 0 amide bonds. The molecule has 0 aromatic carbocycles. The maximum atomic E-state index is 8.92. The van der Waals surface area contributed by atoms with Gasteiger partial charge in [0.25, 0.3) is 0 Å². The Kier molecular flexibility index (Phi) is 2.38. The second-order valence-corrected chi connectivity index (χ2v) is 4.06. The normalized spacial score (nSPS) is 35.3. The Balaban J connectivity index is 2.45. The summed E-state index contributed by atoms with van der Waals surface area (Å²) in [5.41, 5.74) is 5.50. The van der Waals surface area contributed by atoms with Gasteiger partial charge in [-0.1, -0.05) is 0 Å². The number of thioether (sulfide) groups is 1. The zero-order valence-electron chi connectivity index (χ0n) is 5.47. The number of hydrogen-bond donors (Lipinski definition) is 2. The summed E-state index contributed by atoms with van der Waals surface area (Å²) < 4.78 is 0.0278. The molecule has 1 unspecified atom stereocenters. The molecular formula is C6H13NOS. The van der Waals surface area contributed by atoms with Crippen molar-refractivity contribution in [2.45, 2.75) is 17.6 Å². The van der Waals surface area contributed by atoms with E-state index in [-0.39, 0.29) is 11.4 Å². The summed E-state index contributed by atoms with van der Waals surface area (Å²) in [6.45, 7) is 0.863. The third-order valence-electron chi connectivity index (χ3n) is 1.85. The summed E-state index contributed by atoms with van der Waals surface area (Å²) in [6.07, 6.45) is 2.30. The minimum absolute atomic E-state index is 0.0278. The highest BCUT2D eigenvalue weighted by Gasteiger charge is 2.32. The Morgan fingerprint density at radius 3 is 2.67 bits per heavy atom. The van der Waals surface area contributed by atoms with Crippen molar-refractivity contribution < 1.29 is 5.11 Å². The Morgan fingerprint density at radius 2 is 2.44 bits per heavy atom. The molecule has 1 aliphatic heterocycles. The second-order valence-electron chi connectivity index (χ2n) is 2.50. The molecule has 1 heterocycles. The second kappa shape index (κ2) is 2.90. The Morgan fingerprint density at radius 1 is 1.67 bits per heavy atom. The van der Waals surface area contributed by atoms with E-state index in [1.807, 2.05) is 11.8 Å². The van der Waals surface area contributed by atoms with Crippen LogP contribution in [0, 0.1) is 0 Å². The van der Waals surface area contributed by atoms with Crippen LogP contribution >= 0.6 is 11.8 Å². The first kappa shape index (κ1) is 7.38. The summed E-state index contributed by atoms with van der Waals surface area (Å²) in [6, 6.07) is 0. The lowest BCUT2D eigenvalue weighted by atomic mass is 10.1. The zero-order valence-corrected chi connectivity index (χ0v) is 6.28. The van der Waals surface area contributed by atoms with E-state index < -0.39 is 0 Å². The molecule has 1 rings (SSSR count). The minimum atomic E-state index is 0.0278. The molecule has 1 aliphatic rings. The topological polar surface area (TPSA) is 46.2 Å². The van der Waals surface area contributed by atoms with Gasteiger partial charge < -0.3 is 10.8 Å². The minimum Gasteiger partial charge on any atom is -0.395 e. The van der Waals surface area contributed by atoms with Crippen molar-refractivity contribution in [1.82, 2.24) is 0 Å². The van der Waals surface area contributed by atoms with Crippen molar-refractivity contribution in [3.05, 3.63) is 0 Å². The maximum absolute atomic E-state index is 8.92. The highest BCUT2D eigenvalue weighted by atomic mass is 32.2. The van der Waals surface area contributed by atoms with E-state index in [4.69, 9.17) is 10.8 Å². The van der Waals surface area contributed by atoms with Crippen LogP contribution in [0.1, 0.15) is 12.8 Å². The Labute approximate surface area is 59.8 Å². The lowest BCUT2D eigenvalue weighted by Crippen LogP contribution is -2.35. The van der Waals surface area contributed by atoms with Crippen LogP contribution in [0.2, 0.25) is 0 Å². The van der Waals surface area contributed by atoms with Gasteiger partial charge in [-0.3, -0.25) is 0 Å². The lowest BCUT2D eigenvalue weighted by molar-refractivity contribution is 0.247. The predicted molar refractivity (Wildman–Crippen MR) is 40.6 cm³/mol. The van der Waals surface area contributed by atoms with Gasteiger partial charge in [0, 0.05) is 6.54 Å². The van der Waals surface area contributed by atoms with Gasteiger partial charge >= 0.3 is 0 Å². The van der Waals surface area contributed by atoms with Crippen molar-refractivity contribution in [3.8, 4) is 0 Å². The summed E-state index contributed by atoms with van der Waals surface area (Å²) in [4.78, 5) is 0. The molecule has 0 bridgehead atoms. The van der Waals surface area contributed by atoms with Crippen molar-refractivity contribution in [3.63, 3.8) is 0 Å². The monoisotopic (exact) mass is 147 g/mol. The van der Waals surface area contributed by atoms with Crippen LogP contribution in [0.3, 0.4) is 0 Å². The molecule has 3 heteroatoms. The highest BCUT2D eigenvalue weighted by molar-refractivity contribution is 8.00.